The first-order valence-electron chi connectivity index (χ1n) is 4.50. The highest BCUT2D eigenvalue weighted by atomic mass is 16.2. The summed E-state index contributed by atoms with van der Waals surface area (Å²) in [6.07, 6.45) is 0.714. The van der Waals surface area contributed by atoms with Gasteiger partial charge in [0.05, 0.1) is 5.69 Å². The molecule has 0 fully saturated rings. The number of carbonyl (C=O) groups excluding carboxylic acids is 1. The molecule has 0 radical (unpaired) electrons. The number of H-pyrrole nitrogens is 1. The van der Waals surface area contributed by atoms with Crippen molar-refractivity contribution in [2.24, 2.45) is 0 Å². The van der Waals surface area contributed by atoms with Crippen LogP contribution in [0, 0.1) is 0 Å². The molecule has 0 saturated heterocycles. The number of nitrogens with one attached hydrogen (secondary N) is 1. The Balaban J connectivity index is 2.33. The van der Waals surface area contributed by atoms with Gasteiger partial charge >= 0.3 is 0 Å². The third kappa shape index (κ3) is 1.53. The van der Waals surface area contributed by atoms with E-state index in [0.29, 0.717) is 19.5 Å². The molecule has 1 aromatic rings. The number of hydrogen-bond acceptors (Lipinski definition) is 3. The van der Waals surface area contributed by atoms with E-state index in [2.05, 4.69) is 10.2 Å². The molecule has 0 unspecified atom stereocenters. The van der Waals surface area contributed by atoms with Crippen LogP contribution >= 0.6 is 0 Å². The summed E-state index contributed by atoms with van der Waals surface area (Å²) in [5.74, 6) is 0.0379. The van der Waals surface area contributed by atoms with Gasteiger partial charge in [0.2, 0.25) is 5.91 Å². The first-order valence-corrected chi connectivity index (χ1v) is 4.50. The predicted molar refractivity (Wildman–Crippen MR) is 49.7 cm³/mol. The Morgan fingerprint density at radius 2 is 2.43 bits per heavy atom. The van der Waals surface area contributed by atoms with E-state index in [4.69, 9.17) is 0 Å². The van der Waals surface area contributed by atoms with Crippen molar-refractivity contribution in [3.8, 4) is 0 Å². The number of amides is 1. The summed E-state index contributed by atoms with van der Waals surface area (Å²) >= 11 is 0. The Hall–Kier alpha value is -1.65. The second-order valence-electron chi connectivity index (χ2n) is 3.39. The topological polar surface area (TPSA) is 66.1 Å². The van der Waals surface area contributed by atoms with Gasteiger partial charge in [-0.3, -0.25) is 9.59 Å². The average molecular weight is 193 g/mol. The van der Waals surface area contributed by atoms with Crippen LogP contribution < -0.4 is 5.56 Å². The number of aromatic nitrogens is 2. The highest BCUT2D eigenvalue weighted by molar-refractivity contribution is 5.73. The monoisotopic (exact) mass is 193 g/mol. The molecule has 0 aromatic carbocycles. The lowest BCUT2D eigenvalue weighted by Crippen LogP contribution is -2.35. The molecule has 0 spiro atoms. The molecule has 5 nitrogen and oxygen atoms in total. The van der Waals surface area contributed by atoms with E-state index in [9.17, 15) is 9.59 Å². The lowest BCUT2D eigenvalue weighted by Gasteiger charge is -2.26. The van der Waals surface area contributed by atoms with E-state index in [0.717, 1.165) is 11.3 Å². The van der Waals surface area contributed by atoms with E-state index < -0.39 is 0 Å². The van der Waals surface area contributed by atoms with Gasteiger partial charge in [-0.1, -0.05) is 0 Å². The Morgan fingerprint density at radius 1 is 1.64 bits per heavy atom. The maximum Gasteiger partial charge on any atom is 0.264 e. The minimum absolute atomic E-state index is 0.0379. The van der Waals surface area contributed by atoms with Crippen molar-refractivity contribution in [3.05, 3.63) is 27.7 Å². The normalized spacial score (nSPS) is 15.1. The maximum absolute atomic E-state index is 11.1. The third-order valence-electron chi connectivity index (χ3n) is 2.40. The molecular formula is C9H11N3O2. The molecule has 14 heavy (non-hydrogen) atoms. The minimum atomic E-state index is -0.214. The van der Waals surface area contributed by atoms with E-state index in [1.807, 2.05) is 0 Å². The summed E-state index contributed by atoms with van der Waals surface area (Å²) in [6, 6.07) is 1.51. The van der Waals surface area contributed by atoms with Crippen LogP contribution in [0.1, 0.15) is 18.2 Å². The third-order valence-corrected chi connectivity index (χ3v) is 2.40. The van der Waals surface area contributed by atoms with Crippen molar-refractivity contribution in [2.75, 3.05) is 6.54 Å². The van der Waals surface area contributed by atoms with Gasteiger partial charge in [-0.05, 0) is 0 Å². The molecule has 0 saturated carbocycles. The Morgan fingerprint density at radius 3 is 3.14 bits per heavy atom. The number of hydrogen-bond donors (Lipinski definition) is 1. The zero-order valence-corrected chi connectivity index (χ0v) is 7.91. The van der Waals surface area contributed by atoms with Gasteiger partial charge in [0.25, 0.3) is 5.56 Å². The first kappa shape index (κ1) is 8.93. The van der Waals surface area contributed by atoms with Gasteiger partial charge in [-0.25, -0.2) is 5.10 Å². The Bertz CT molecular complexity index is 424. The quantitative estimate of drug-likeness (QED) is 0.613. The molecule has 1 aliphatic heterocycles. The summed E-state index contributed by atoms with van der Waals surface area (Å²) in [7, 11) is 0. The second kappa shape index (κ2) is 3.25. The van der Waals surface area contributed by atoms with Gasteiger partial charge in [0, 0.05) is 38.1 Å². The van der Waals surface area contributed by atoms with Crippen LogP contribution in [0.3, 0.4) is 0 Å². The highest BCUT2D eigenvalue weighted by Crippen LogP contribution is 2.14. The molecule has 1 aromatic heterocycles. The molecule has 0 aliphatic carbocycles. The van der Waals surface area contributed by atoms with Gasteiger partial charge in [-0.15, -0.1) is 0 Å². The maximum atomic E-state index is 11.1. The predicted octanol–water partition coefficient (Wildman–Crippen LogP) is -0.326. The molecule has 1 N–H and O–H groups in total. The fraction of sp³-hybridized carbons (Fsp3) is 0.444. The fourth-order valence-corrected chi connectivity index (χ4v) is 1.62. The molecule has 1 amide bonds. The second-order valence-corrected chi connectivity index (χ2v) is 3.39. The van der Waals surface area contributed by atoms with Crippen molar-refractivity contribution in [3.63, 3.8) is 0 Å². The van der Waals surface area contributed by atoms with Gasteiger partial charge < -0.3 is 4.90 Å². The Kier molecular flexibility index (Phi) is 2.07. The van der Waals surface area contributed by atoms with Crippen molar-refractivity contribution < 1.29 is 4.79 Å². The number of aromatic amines is 1. The van der Waals surface area contributed by atoms with Gasteiger partial charge in [-0.2, -0.15) is 5.10 Å². The molecule has 0 atom stereocenters. The van der Waals surface area contributed by atoms with Crippen LogP contribution in [-0.2, 0) is 17.8 Å². The van der Waals surface area contributed by atoms with Crippen molar-refractivity contribution in [1.82, 2.24) is 15.1 Å². The number of carbonyl (C=O) groups is 1. The van der Waals surface area contributed by atoms with Crippen LogP contribution in [0.4, 0.5) is 0 Å². The van der Waals surface area contributed by atoms with Crippen LogP contribution in [-0.4, -0.2) is 27.5 Å². The van der Waals surface area contributed by atoms with Crippen molar-refractivity contribution >= 4 is 5.91 Å². The van der Waals surface area contributed by atoms with Crippen molar-refractivity contribution in [2.45, 2.75) is 19.9 Å². The fourth-order valence-electron chi connectivity index (χ4n) is 1.62. The number of nitrogens with zero attached hydrogens (tertiary/aromatic N) is 2. The van der Waals surface area contributed by atoms with E-state index in [-0.39, 0.29) is 11.5 Å². The minimum Gasteiger partial charge on any atom is -0.338 e. The van der Waals surface area contributed by atoms with Crippen LogP contribution in [0.2, 0.25) is 0 Å². The SMILES string of the molecule is CC(=O)N1CCc2n[nH]c(=O)cc2C1. The van der Waals surface area contributed by atoms with Gasteiger partial charge in [0.15, 0.2) is 0 Å². The van der Waals surface area contributed by atoms with Crippen molar-refractivity contribution in [1.29, 1.82) is 0 Å². The molecule has 74 valence electrons. The summed E-state index contributed by atoms with van der Waals surface area (Å²) in [5.41, 5.74) is 1.53. The zero-order valence-electron chi connectivity index (χ0n) is 7.91. The number of rotatable bonds is 0. The average Bonchev–Trinajstić information content (AvgIpc) is 2.16. The molecular weight excluding hydrogens is 182 g/mol. The molecule has 0 bridgehead atoms. The summed E-state index contributed by atoms with van der Waals surface area (Å²) in [5, 5.41) is 6.33. The van der Waals surface area contributed by atoms with Gasteiger partial charge in [0.1, 0.15) is 0 Å². The first-order chi connectivity index (χ1) is 6.66. The van der Waals surface area contributed by atoms with Crippen LogP contribution in [0.25, 0.3) is 0 Å². The summed E-state index contributed by atoms with van der Waals surface area (Å²) in [6.45, 7) is 2.72. The lowest BCUT2D eigenvalue weighted by molar-refractivity contribution is -0.129. The molecule has 1 aliphatic rings. The smallest absolute Gasteiger partial charge is 0.264 e. The lowest BCUT2D eigenvalue weighted by atomic mass is 10.1. The molecule has 2 rings (SSSR count). The van der Waals surface area contributed by atoms with E-state index in [1.54, 1.807) is 4.90 Å². The largest absolute Gasteiger partial charge is 0.338 e. The number of fused-ring (bicyclic) bond motifs is 1. The Labute approximate surface area is 80.7 Å². The molecule has 2 heterocycles. The van der Waals surface area contributed by atoms with E-state index >= 15 is 0 Å². The highest BCUT2D eigenvalue weighted by Gasteiger charge is 2.19. The van der Waals surface area contributed by atoms with Crippen LogP contribution in [0.15, 0.2) is 10.9 Å². The standard InChI is InChI=1S/C9H11N3O2/c1-6(13)12-3-2-8-7(5-12)4-9(14)11-10-8/h4H,2-3,5H2,1H3,(H,11,14). The summed E-state index contributed by atoms with van der Waals surface area (Å²) < 4.78 is 0. The zero-order chi connectivity index (χ0) is 10.1. The van der Waals surface area contributed by atoms with E-state index in [1.165, 1.54) is 13.0 Å². The summed E-state index contributed by atoms with van der Waals surface area (Å²) in [4.78, 5) is 23.8. The molecule has 5 heteroatoms. The van der Waals surface area contributed by atoms with Crippen LogP contribution in [0.5, 0.6) is 0 Å².